The number of esters is 1. The quantitative estimate of drug-likeness (QED) is 0.353. The SMILES string of the molecule is COC(=O)NC1CCC(=O)N2CCC[C@@H](C(=O)N[C@@H](CC(=O)O)C(=O)COC(=O)c3c(C)cccc3C)N2C1=O. The highest BCUT2D eigenvalue weighted by Gasteiger charge is 2.45. The van der Waals surface area contributed by atoms with E-state index in [-0.39, 0.29) is 31.4 Å². The summed E-state index contributed by atoms with van der Waals surface area (Å²) in [6.45, 7) is 2.76. The van der Waals surface area contributed by atoms with Crippen LogP contribution in [0.25, 0.3) is 0 Å². The molecular formula is C26H32N4O10. The van der Waals surface area contributed by atoms with E-state index in [0.717, 1.165) is 17.1 Å². The maximum Gasteiger partial charge on any atom is 0.407 e. The van der Waals surface area contributed by atoms with Crippen LogP contribution in [-0.4, -0.2) is 95.0 Å². The fraction of sp³-hybridized carbons (Fsp3) is 0.500. The van der Waals surface area contributed by atoms with Gasteiger partial charge in [-0.2, -0.15) is 0 Å². The average Bonchev–Trinajstić information content (AvgIpc) is 3.02. The average molecular weight is 561 g/mol. The van der Waals surface area contributed by atoms with Gasteiger partial charge in [-0.3, -0.25) is 29.0 Å². The minimum atomic E-state index is -1.58. The lowest BCUT2D eigenvalue weighted by atomic mass is 10.0. The molecule has 0 saturated carbocycles. The summed E-state index contributed by atoms with van der Waals surface area (Å²) < 4.78 is 9.68. The van der Waals surface area contributed by atoms with Crippen molar-refractivity contribution >= 4 is 41.5 Å². The summed E-state index contributed by atoms with van der Waals surface area (Å²) in [6.07, 6.45) is -1.31. The molecule has 1 unspecified atom stereocenters. The predicted molar refractivity (Wildman–Crippen MR) is 136 cm³/mol. The maximum atomic E-state index is 13.3. The molecule has 4 amide bonds. The molecule has 2 heterocycles. The van der Waals surface area contributed by atoms with Crippen LogP contribution in [0.2, 0.25) is 0 Å². The molecule has 3 N–H and O–H groups in total. The molecule has 0 aliphatic carbocycles. The van der Waals surface area contributed by atoms with E-state index in [1.807, 2.05) is 0 Å². The van der Waals surface area contributed by atoms with Crippen LogP contribution >= 0.6 is 0 Å². The summed E-state index contributed by atoms with van der Waals surface area (Å²) in [5.41, 5.74) is 1.54. The van der Waals surface area contributed by atoms with E-state index < -0.39 is 72.7 Å². The zero-order valence-corrected chi connectivity index (χ0v) is 22.4. The van der Waals surface area contributed by atoms with Crippen molar-refractivity contribution < 1.29 is 48.1 Å². The van der Waals surface area contributed by atoms with Crippen molar-refractivity contribution in [3.63, 3.8) is 0 Å². The third-order valence-electron chi connectivity index (χ3n) is 6.76. The predicted octanol–water partition coefficient (Wildman–Crippen LogP) is 0.242. The lowest BCUT2D eigenvalue weighted by Gasteiger charge is -2.43. The summed E-state index contributed by atoms with van der Waals surface area (Å²) in [6, 6.07) is 1.18. The van der Waals surface area contributed by atoms with Gasteiger partial charge in [-0.25, -0.2) is 14.6 Å². The first-order valence-corrected chi connectivity index (χ1v) is 12.7. The van der Waals surface area contributed by atoms with Crippen LogP contribution in [0.3, 0.4) is 0 Å². The fourth-order valence-corrected chi connectivity index (χ4v) is 4.74. The monoisotopic (exact) mass is 560 g/mol. The first kappa shape index (κ1) is 30.1. The van der Waals surface area contributed by atoms with Gasteiger partial charge in [0.2, 0.25) is 11.8 Å². The van der Waals surface area contributed by atoms with Gasteiger partial charge in [0.15, 0.2) is 12.4 Å². The highest BCUT2D eigenvalue weighted by Crippen LogP contribution is 2.25. The molecule has 14 nitrogen and oxygen atoms in total. The Balaban J connectivity index is 1.76. The number of carboxylic acids is 1. The van der Waals surface area contributed by atoms with Crippen LogP contribution in [0.4, 0.5) is 4.79 Å². The number of Topliss-reactive ketones (excluding diaryl/α,β-unsaturated/α-hetero) is 1. The molecule has 14 heteroatoms. The number of hydrogen-bond acceptors (Lipinski definition) is 9. The Morgan fingerprint density at radius 2 is 1.77 bits per heavy atom. The van der Waals surface area contributed by atoms with E-state index in [9.17, 15) is 38.7 Å². The molecule has 0 spiro atoms. The van der Waals surface area contributed by atoms with E-state index in [2.05, 4.69) is 15.4 Å². The van der Waals surface area contributed by atoms with Gasteiger partial charge in [0.05, 0.1) is 19.1 Å². The van der Waals surface area contributed by atoms with E-state index in [4.69, 9.17) is 4.74 Å². The van der Waals surface area contributed by atoms with Crippen molar-refractivity contribution in [2.75, 3.05) is 20.3 Å². The topological polar surface area (TPSA) is 189 Å². The number of fused-ring (bicyclic) bond motifs is 1. The first-order chi connectivity index (χ1) is 18.9. The number of carboxylic acid groups (broad SMARTS) is 1. The standard InChI is InChI=1S/C26H32N4O10/c1-14-6-4-7-15(2)22(14)25(37)40-13-19(31)17(12-21(33)34)27-23(35)18-8-5-11-29-20(32)10-9-16(24(36)30(18)29)28-26(38)39-3/h4,6-7,16-18H,5,8-13H2,1-3H3,(H,27,35)(H,28,38)(H,33,34)/t16?,17-,18-/m0/s1. The van der Waals surface area contributed by atoms with Crippen LogP contribution in [0.5, 0.6) is 0 Å². The number of nitrogens with zero attached hydrogens (tertiary/aromatic N) is 2. The summed E-state index contributed by atoms with van der Waals surface area (Å²) in [5.74, 6) is -5.06. The number of hydrogen-bond donors (Lipinski definition) is 3. The van der Waals surface area contributed by atoms with Crippen LogP contribution in [0, 0.1) is 13.8 Å². The van der Waals surface area contributed by atoms with E-state index in [0.29, 0.717) is 17.5 Å². The van der Waals surface area contributed by atoms with Crippen molar-refractivity contribution in [2.45, 2.75) is 64.1 Å². The molecule has 0 radical (unpaired) electrons. The Morgan fingerprint density at radius 1 is 1.10 bits per heavy atom. The van der Waals surface area contributed by atoms with Gasteiger partial charge in [0, 0.05) is 13.0 Å². The van der Waals surface area contributed by atoms with Gasteiger partial charge in [0.25, 0.3) is 5.91 Å². The van der Waals surface area contributed by atoms with Crippen molar-refractivity contribution in [2.24, 2.45) is 0 Å². The number of aryl methyl sites for hydroxylation is 2. The number of carbonyl (C=O) groups excluding carboxylic acids is 6. The second-order valence-electron chi connectivity index (χ2n) is 9.55. The minimum absolute atomic E-state index is 0.0139. The van der Waals surface area contributed by atoms with Gasteiger partial charge in [-0.05, 0) is 44.2 Å². The number of methoxy groups -OCH3 is 1. The molecule has 3 atom stereocenters. The molecular weight excluding hydrogens is 528 g/mol. The Labute approximate surface area is 229 Å². The Hall–Kier alpha value is -4.49. The number of alkyl carbamates (subject to hydrolysis) is 1. The smallest absolute Gasteiger partial charge is 0.407 e. The zero-order valence-electron chi connectivity index (χ0n) is 22.4. The second kappa shape index (κ2) is 13.0. The first-order valence-electron chi connectivity index (χ1n) is 12.7. The summed E-state index contributed by atoms with van der Waals surface area (Å²) >= 11 is 0. The largest absolute Gasteiger partial charge is 0.481 e. The van der Waals surface area contributed by atoms with Crippen LogP contribution in [0.1, 0.15) is 53.6 Å². The molecule has 1 aromatic rings. The fourth-order valence-electron chi connectivity index (χ4n) is 4.74. The summed E-state index contributed by atoms with van der Waals surface area (Å²) in [7, 11) is 1.12. The maximum absolute atomic E-state index is 13.3. The molecule has 2 aliphatic heterocycles. The van der Waals surface area contributed by atoms with E-state index in [1.165, 1.54) is 0 Å². The molecule has 2 saturated heterocycles. The lowest BCUT2D eigenvalue weighted by Crippen LogP contribution is -2.64. The number of carbonyl (C=O) groups is 7. The summed E-state index contributed by atoms with van der Waals surface area (Å²) in [5, 5.41) is 16.2. The van der Waals surface area contributed by atoms with Crippen molar-refractivity contribution in [3.05, 3.63) is 34.9 Å². The second-order valence-corrected chi connectivity index (χ2v) is 9.55. The van der Waals surface area contributed by atoms with Crippen molar-refractivity contribution in [1.29, 1.82) is 0 Å². The van der Waals surface area contributed by atoms with Crippen molar-refractivity contribution in [3.8, 4) is 0 Å². The number of benzene rings is 1. The van der Waals surface area contributed by atoms with Crippen LogP contribution in [0.15, 0.2) is 18.2 Å². The molecule has 216 valence electrons. The molecule has 2 aliphatic rings. The summed E-state index contributed by atoms with van der Waals surface area (Å²) in [4.78, 5) is 88.1. The van der Waals surface area contributed by atoms with Gasteiger partial charge >= 0.3 is 18.0 Å². The highest BCUT2D eigenvalue weighted by molar-refractivity contribution is 5.99. The number of rotatable bonds is 9. The van der Waals surface area contributed by atoms with Crippen LogP contribution in [-0.2, 0) is 33.4 Å². The molecule has 0 aromatic heterocycles. The third kappa shape index (κ3) is 6.93. The number of ether oxygens (including phenoxy) is 2. The van der Waals surface area contributed by atoms with Gasteiger partial charge in [-0.1, -0.05) is 18.2 Å². The Morgan fingerprint density at radius 3 is 2.40 bits per heavy atom. The number of aliphatic carboxylic acids is 1. The van der Waals surface area contributed by atoms with E-state index >= 15 is 0 Å². The zero-order chi connectivity index (χ0) is 29.6. The molecule has 3 rings (SSSR count). The normalized spacial score (nSPS) is 19.6. The van der Waals surface area contributed by atoms with E-state index in [1.54, 1.807) is 32.0 Å². The van der Waals surface area contributed by atoms with Crippen molar-refractivity contribution in [1.82, 2.24) is 20.7 Å². The third-order valence-corrected chi connectivity index (χ3v) is 6.76. The molecule has 40 heavy (non-hydrogen) atoms. The van der Waals surface area contributed by atoms with Gasteiger partial charge in [-0.15, -0.1) is 0 Å². The van der Waals surface area contributed by atoms with Crippen LogP contribution < -0.4 is 10.6 Å². The molecule has 2 fully saturated rings. The number of nitrogens with one attached hydrogen (secondary N) is 2. The highest BCUT2D eigenvalue weighted by atomic mass is 16.5. The minimum Gasteiger partial charge on any atom is -0.481 e. The number of hydrazine groups is 1. The van der Waals surface area contributed by atoms with Gasteiger partial charge in [0.1, 0.15) is 18.1 Å². The van der Waals surface area contributed by atoms with Gasteiger partial charge < -0.3 is 25.2 Å². The lowest BCUT2D eigenvalue weighted by molar-refractivity contribution is -0.176. The number of amides is 4. The Bertz CT molecular complexity index is 1200. The Kier molecular flexibility index (Phi) is 9.80. The molecule has 1 aromatic carbocycles. The number of ketones is 1. The molecule has 0 bridgehead atoms.